The second-order valence-corrected chi connectivity index (χ2v) is 4.96. The second kappa shape index (κ2) is 11.4. The molecule has 0 saturated heterocycles. The first-order valence-corrected chi connectivity index (χ1v) is 7.07. The van der Waals surface area contributed by atoms with Crippen LogP contribution in [0.15, 0.2) is 29.3 Å². The lowest BCUT2D eigenvalue weighted by Crippen LogP contribution is -2.39. The molecular formula is C15H24F2IN3O. The number of benzene rings is 1. The molecule has 0 bridgehead atoms. The van der Waals surface area contributed by atoms with Crippen LogP contribution in [-0.4, -0.2) is 25.7 Å². The summed E-state index contributed by atoms with van der Waals surface area (Å²) in [7, 11) is 0. The first-order valence-electron chi connectivity index (χ1n) is 7.07. The van der Waals surface area contributed by atoms with Crippen LogP contribution < -0.4 is 15.4 Å². The number of nitrogens with one attached hydrogen (secondary N) is 2. The molecule has 0 heterocycles. The zero-order chi connectivity index (χ0) is 15.7. The monoisotopic (exact) mass is 427 g/mol. The lowest BCUT2D eigenvalue weighted by molar-refractivity contribution is -0.0504. The molecular weight excluding hydrogens is 403 g/mol. The SMILES string of the molecule is CCNC(=NCc1ccccc1OC(F)F)NCC(C)C.I. The van der Waals surface area contributed by atoms with Gasteiger partial charge in [0.15, 0.2) is 5.96 Å². The quantitative estimate of drug-likeness (QED) is 0.397. The molecule has 0 aliphatic carbocycles. The van der Waals surface area contributed by atoms with E-state index in [-0.39, 0.29) is 36.3 Å². The third kappa shape index (κ3) is 8.35. The average molecular weight is 427 g/mol. The van der Waals surface area contributed by atoms with Crippen LogP contribution in [0.2, 0.25) is 0 Å². The summed E-state index contributed by atoms with van der Waals surface area (Å²) >= 11 is 0. The van der Waals surface area contributed by atoms with E-state index in [1.807, 2.05) is 6.92 Å². The van der Waals surface area contributed by atoms with Crippen molar-refractivity contribution < 1.29 is 13.5 Å². The van der Waals surface area contributed by atoms with Crippen LogP contribution in [0.1, 0.15) is 26.3 Å². The van der Waals surface area contributed by atoms with E-state index >= 15 is 0 Å². The molecule has 0 saturated carbocycles. The molecule has 1 aromatic carbocycles. The van der Waals surface area contributed by atoms with Crippen molar-refractivity contribution in [1.29, 1.82) is 0 Å². The minimum Gasteiger partial charge on any atom is -0.434 e. The van der Waals surface area contributed by atoms with Gasteiger partial charge in [-0.15, -0.1) is 24.0 Å². The molecule has 0 atom stereocenters. The van der Waals surface area contributed by atoms with Gasteiger partial charge in [-0.2, -0.15) is 8.78 Å². The summed E-state index contributed by atoms with van der Waals surface area (Å²) in [5.74, 6) is 1.32. The largest absolute Gasteiger partial charge is 0.434 e. The van der Waals surface area contributed by atoms with Gasteiger partial charge in [0.2, 0.25) is 0 Å². The lowest BCUT2D eigenvalue weighted by atomic mass is 10.2. The standard InChI is InChI=1S/C15H23F2N3O.HI/c1-4-18-15(19-9-11(2)3)20-10-12-7-5-6-8-13(12)21-14(16)17;/h5-8,11,14H,4,9-10H2,1-3H3,(H2,18,19,20);1H. The van der Waals surface area contributed by atoms with Crippen molar-refractivity contribution in [2.75, 3.05) is 13.1 Å². The minimum absolute atomic E-state index is 0. The molecule has 0 radical (unpaired) electrons. The van der Waals surface area contributed by atoms with E-state index < -0.39 is 6.61 Å². The number of hydrogen-bond acceptors (Lipinski definition) is 2. The predicted octanol–water partition coefficient (Wildman–Crippen LogP) is 3.62. The Hall–Kier alpha value is -1.12. The van der Waals surface area contributed by atoms with Crippen LogP contribution in [0.3, 0.4) is 0 Å². The maximum atomic E-state index is 12.3. The summed E-state index contributed by atoms with van der Waals surface area (Å²) < 4.78 is 29.2. The molecule has 1 rings (SSSR count). The zero-order valence-electron chi connectivity index (χ0n) is 13.1. The van der Waals surface area contributed by atoms with Gasteiger partial charge in [-0.05, 0) is 18.9 Å². The van der Waals surface area contributed by atoms with Gasteiger partial charge in [0.1, 0.15) is 5.75 Å². The number of hydrogen-bond donors (Lipinski definition) is 2. The number of halogens is 3. The first kappa shape index (κ1) is 20.9. The van der Waals surface area contributed by atoms with E-state index in [1.165, 1.54) is 6.07 Å². The molecule has 0 unspecified atom stereocenters. The van der Waals surface area contributed by atoms with E-state index in [0.29, 0.717) is 17.4 Å². The van der Waals surface area contributed by atoms with Gasteiger partial charge >= 0.3 is 6.61 Å². The van der Waals surface area contributed by atoms with Crippen molar-refractivity contribution >= 4 is 29.9 Å². The molecule has 0 aromatic heterocycles. The molecule has 22 heavy (non-hydrogen) atoms. The minimum atomic E-state index is -2.83. The van der Waals surface area contributed by atoms with E-state index in [4.69, 9.17) is 0 Å². The van der Waals surface area contributed by atoms with Crippen LogP contribution in [0.4, 0.5) is 8.78 Å². The van der Waals surface area contributed by atoms with Crippen molar-refractivity contribution in [3.05, 3.63) is 29.8 Å². The van der Waals surface area contributed by atoms with Crippen molar-refractivity contribution in [3.63, 3.8) is 0 Å². The molecule has 4 nitrogen and oxygen atoms in total. The average Bonchev–Trinajstić information content (AvgIpc) is 2.42. The van der Waals surface area contributed by atoms with Crippen LogP contribution >= 0.6 is 24.0 Å². The van der Waals surface area contributed by atoms with Crippen molar-refractivity contribution in [2.45, 2.75) is 33.9 Å². The number of aliphatic imine (C=N–C) groups is 1. The Morgan fingerprint density at radius 3 is 2.50 bits per heavy atom. The summed E-state index contributed by atoms with van der Waals surface area (Å²) in [5, 5.41) is 6.32. The summed E-state index contributed by atoms with van der Waals surface area (Å²) in [6.07, 6.45) is 0. The molecule has 7 heteroatoms. The Kier molecular flexibility index (Phi) is 10.9. The Labute approximate surface area is 147 Å². The highest BCUT2D eigenvalue weighted by atomic mass is 127. The number of rotatable bonds is 7. The molecule has 0 spiro atoms. The van der Waals surface area contributed by atoms with Gasteiger partial charge in [0.25, 0.3) is 0 Å². The predicted molar refractivity (Wildman–Crippen MR) is 96.1 cm³/mol. The Morgan fingerprint density at radius 2 is 1.91 bits per heavy atom. The fourth-order valence-electron chi connectivity index (χ4n) is 1.65. The molecule has 1 aromatic rings. The highest BCUT2D eigenvalue weighted by Gasteiger charge is 2.09. The van der Waals surface area contributed by atoms with Crippen molar-refractivity contribution in [3.8, 4) is 5.75 Å². The zero-order valence-corrected chi connectivity index (χ0v) is 15.4. The maximum Gasteiger partial charge on any atom is 0.387 e. The van der Waals surface area contributed by atoms with Gasteiger partial charge in [-0.3, -0.25) is 0 Å². The molecule has 0 amide bonds. The number of ether oxygens (including phenoxy) is 1. The van der Waals surface area contributed by atoms with E-state index in [2.05, 4.69) is 34.2 Å². The molecule has 2 N–H and O–H groups in total. The van der Waals surface area contributed by atoms with Gasteiger partial charge in [-0.25, -0.2) is 4.99 Å². The lowest BCUT2D eigenvalue weighted by Gasteiger charge is -2.14. The Morgan fingerprint density at radius 1 is 1.23 bits per heavy atom. The normalized spacial score (nSPS) is 11.3. The number of nitrogens with zero attached hydrogens (tertiary/aromatic N) is 1. The molecule has 0 fully saturated rings. The molecule has 0 aliphatic rings. The van der Waals surface area contributed by atoms with Gasteiger partial charge in [0, 0.05) is 18.7 Å². The Balaban J connectivity index is 0.00000441. The highest BCUT2D eigenvalue weighted by Crippen LogP contribution is 2.20. The smallest absolute Gasteiger partial charge is 0.387 e. The fourth-order valence-corrected chi connectivity index (χ4v) is 1.65. The van der Waals surface area contributed by atoms with Crippen LogP contribution in [0.25, 0.3) is 0 Å². The number of para-hydroxylation sites is 1. The van der Waals surface area contributed by atoms with Crippen molar-refractivity contribution in [1.82, 2.24) is 10.6 Å². The third-order valence-electron chi connectivity index (χ3n) is 2.62. The van der Waals surface area contributed by atoms with Gasteiger partial charge < -0.3 is 15.4 Å². The van der Waals surface area contributed by atoms with E-state index in [0.717, 1.165) is 13.1 Å². The topological polar surface area (TPSA) is 45.7 Å². The molecule has 0 aliphatic heterocycles. The van der Waals surface area contributed by atoms with Gasteiger partial charge in [-0.1, -0.05) is 32.0 Å². The summed E-state index contributed by atoms with van der Waals surface area (Å²) in [6.45, 7) is 5.14. The van der Waals surface area contributed by atoms with Crippen LogP contribution in [0, 0.1) is 5.92 Å². The third-order valence-corrected chi connectivity index (χ3v) is 2.62. The summed E-state index contributed by atoms with van der Waals surface area (Å²) in [5.41, 5.74) is 0.625. The molecule has 126 valence electrons. The van der Waals surface area contributed by atoms with E-state index in [1.54, 1.807) is 18.2 Å². The number of alkyl halides is 2. The maximum absolute atomic E-state index is 12.3. The second-order valence-electron chi connectivity index (χ2n) is 4.96. The van der Waals surface area contributed by atoms with Crippen LogP contribution in [-0.2, 0) is 6.54 Å². The number of guanidine groups is 1. The first-order chi connectivity index (χ1) is 10.0. The Bertz CT molecular complexity index is 456. The fraction of sp³-hybridized carbons (Fsp3) is 0.533. The van der Waals surface area contributed by atoms with Crippen LogP contribution in [0.5, 0.6) is 5.75 Å². The van der Waals surface area contributed by atoms with Crippen molar-refractivity contribution in [2.24, 2.45) is 10.9 Å². The highest BCUT2D eigenvalue weighted by molar-refractivity contribution is 14.0. The summed E-state index contributed by atoms with van der Waals surface area (Å²) in [4.78, 5) is 4.39. The van der Waals surface area contributed by atoms with E-state index in [9.17, 15) is 8.78 Å². The van der Waals surface area contributed by atoms with Gasteiger partial charge in [0.05, 0.1) is 6.54 Å². The summed E-state index contributed by atoms with van der Waals surface area (Å²) in [6, 6.07) is 6.68.